The first kappa shape index (κ1) is 11.8. The second-order valence-corrected chi connectivity index (χ2v) is 4.39. The molecule has 0 saturated heterocycles. The summed E-state index contributed by atoms with van der Waals surface area (Å²) in [6.07, 6.45) is 4.11. The number of aromatic nitrogens is 5. The third-order valence-corrected chi connectivity index (χ3v) is 3.45. The Bertz CT molecular complexity index is 509. The maximum absolute atomic E-state index is 4.30. The van der Waals surface area contributed by atoms with Crippen LogP contribution in [0.1, 0.15) is 12.5 Å². The van der Waals surface area contributed by atoms with E-state index in [1.807, 2.05) is 18.7 Å². The summed E-state index contributed by atoms with van der Waals surface area (Å²) in [6.45, 7) is 2.08. The van der Waals surface area contributed by atoms with Gasteiger partial charge in [-0.2, -0.15) is 0 Å². The predicted octanol–water partition coefficient (Wildman–Crippen LogP) is 1.36. The summed E-state index contributed by atoms with van der Waals surface area (Å²) < 4.78 is 1.87. The zero-order chi connectivity index (χ0) is 12.3. The fourth-order valence-electron chi connectivity index (χ4n) is 1.47. The Kier molecular flexibility index (Phi) is 3.58. The number of aryl methyl sites for hydroxylation is 1. The van der Waals surface area contributed by atoms with Gasteiger partial charge in [0.05, 0.1) is 0 Å². The first-order chi connectivity index (χ1) is 8.26. The average molecular weight is 250 g/mol. The maximum Gasteiger partial charge on any atom is 0.197 e. The molecule has 1 N–H and O–H groups in total. The normalized spacial score (nSPS) is 10.5. The lowest BCUT2D eigenvalue weighted by Crippen LogP contribution is -2.02. The molecule has 2 heterocycles. The Balaban J connectivity index is 2.36. The van der Waals surface area contributed by atoms with E-state index in [0.717, 1.165) is 28.0 Å². The van der Waals surface area contributed by atoms with Gasteiger partial charge in [-0.3, -0.25) is 0 Å². The summed E-state index contributed by atoms with van der Waals surface area (Å²) in [5.74, 6) is 0.868. The van der Waals surface area contributed by atoms with Crippen LogP contribution in [0, 0.1) is 0 Å². The Morgan fingerprint density at radius 3 is 2.82 bits per heavy atom. The number of nitrogens with zero attached hydrogens (tertiary/aromatic N) is 5. The van der Waals surface area contributed by atoms with Gasteiger partial charge in [0.25, 0.3) is 0 Å². The smallest absolute Gasteiger partial charge is 0.197 e. The number of rotatable bonds is 4. The van der Waals surface area contributed by atoms with Crippen LogP contribution in [0.2, 0.25) is 0 Å². The van der Waals surface area contributed by atoms with Gasteiger partial charge in [-0.05, 0) is 18.2 Å². The Morgan fingerprint density at radius 2 is 2.24 bits per heavy atom. The summed E-state index contributed by atoms with van der Waals surface area (Å²) in [5.41, 5.74) is 1.10. The summed E-state index contributed by atoms with van der Waals surface area (Å²) >= 11 is 1.50. The molecule has 90 valence electrons. The molecule has 0 aliphatic heterocycles. The first-order valence-electron chi connectivity index (χ1n) is 5.29. The number of nitrogens with one attached hydrogen (secondary N) is 1. The van der Waals surface area contributed by atoms with E-state index in [-0.39, 0.29) is 0 Å². The van der Waals surface area contributed by atoms with Crippen LogP contribution in [0.15, 0.2) is 22.8 Å². The molecule has 0 unspecified atom stereocenters. The van der Waals surface area contributed by atoms with E-state index < -0.39 is 0 Å². The van der Waals surface area contributed by atoms with Gasteiger partial charge < -0.3 is 9.88 Å². The molecule has 2 aromatic rings. The molecule has 0 aliphatic carbocycles. The molecule has 0 aliphatic rings. The molecule has 0 amide bonds. The zero-order valence-corrected chi connectivity index (χ0v) is 10.8. The van der Waals surface area contributed by atoms with Crippen LogP contribution in [-0.2, 0) is 13.5 Å². The zero-order valence-electron chi connectivity index (χ0n) is 10.0. The molecule has 6 nitrogen and oxygen atoms in total. The van der Waals surface area contributed by atoms with E-state index in [0.29, 0.717) is 0 Å². The molecule has 0 radical (unpaired) electrons. The Hall–Kier alpha value is -1.63. The van der Waals surface area contributed by atoms with Gasteiger partial charge >= 0.3 is 0 Å². The van der Waals surface area contributed by atoms with Crippen LogP contribution in [0.4, 0.5) is 5.82 Å². The average Bonchev–Trinajstić information content (AvgIpc) is 2.74. The predicted molar refractivity (Wildman–Crippen MR) is 66.1 cm³/mol. The van der Waals surface area contributed by atoms with Crippen molar-refractivity contribution in [3.63, 3.8) is 0 Å². The van der Waals surface area contributed by atoms with Crippen LogP contribution in [0.5, 0.6) is 0 Å². The molecular weight excluding hydrogens is 236 g/mol. The van der Waals surface area contributed by atoms with E-state index in [9.17, 15) is 0 Å². The van der Waals surface area contributed by atoms with Crippen LogP contribution in [0.25, 0.3) is 0 Å². The van der Waals surface area contributed by atoms with Gasteiger partial charge in [-0.1, -0.05) is 6.92 Å². The van der Waals surface area contributed by atoms with E-state index in [1.165, 1.54) is 11.8 Å². The van der Waals surface area contributed by atoms with E-state index >= 15 is 0 Å². The second-order valence-electron chi connectivity index (χ2n) is 3.44. The van der Waals surface area contributed by atoms with Crippen molar-refractivity contribution >= 4 is 17.6 Å². The standard InChI is InChI=1S/C10H14N6S/c1-4-7-8(11-2)12-5-13-9(7)17-10-15-14-6-16(10)3/h5-6H,4H2,1-3H3,(H,11,12,13). The number of hydrogen-bond acceptors (Lipinski definition) is 6. The summed E-state index contributed by atoms with van der Waals surface area (Å²) in [6, 6.07) is 0. The monoisotopic (exact) mass is 250 g/mol. The molecule has 0 spiro atoms. The van der Waals surface area contributed by atoms with Crippen molar-refractivity contribution in [1.82, 2.24) is 24.7 Å². The van der Waals surface area contributed by atoms with Crippen molar-refractivity contribution in [3.05, 3.63) is 18.2 Å². The minimum absolute atomic E-state index is 0.820. The van der Waals surface area contributed by atoms with Gasteiger partial charge in [0.15, 0.2) is 5.16 Å². The van der Waals surface area contributed by atoms with Crippen LogP contribution >= 0.6 is 11.8 Å². The molecule has 17 heavy (non-hydrogen) atoms. The molecule has 0 bridgehead atoms. The van der Waals surface area contributed by atoms with Crippen molar-refractivity contribution < 1.29 is 0 Å². The van der Waals surface area contributed by atoms with Crippen molar-refractivity contribution in [2.45, 2.75) is 23.5 Å². The van der Waals surface area contributed by atoms with Crippen LogP contribution in [-0.4, -0.2) is 31.8 Å². The lowest BCUT2D eigenvalue weighted by molar-refractivity contribution is 0.785. The third-order valence-electron chi connectivity index (χ3n) is 2.35. The highest BCUT2D eigenvalue weighted by Crippen LogP contribution is 2.29. The summed E-state index contributed by atoms with van der Waals surface area (Å²) in [5, 5.41) is 12.7. The topological polar surface area (TPSA) is 68.5 Å². The summed E-state index contributed by atoms with van der Waals surface area (Å²) in [4.78, 5) is 8.51. The van der Waals surface area contributed by atoms with E-state index in [2.05, 4.69) is 32.4 Å². The van der Waals surface area contributed by atoms with Crippen LogP contribution < -0.4 is 5.32 Å². The van der Waals surface area contributed by atoms with Gasteiger partial charge in [0.1, 0.15) is 23.5 Å². The van der Waals surface area contributed by atoms with Gasteiger partial charge in [0.2, 0.25) is 0 Å². The molecule has 0 saturated carbocycles. The molecular formula is C10H14N6S. The lowest BCUT2D eigenvalue weighted by Gasteiger charge is -2.09. The number of anilines is 1. The molecule has 0 atom stereocenters. The highest BCUT2D eigenvalue weighted by molar-refractivity contribution is 7.99. The summed E-state index contributed by atoms with van der Waals surface area (Å²) in [7, 11) is 3.77. The highest BCUT2D eigenvalue weighted by Gasteiger charge is 2.12. The molecule has 0 aromatic carbocycles. The quantitative estimate of drug-likeness (QED) is 0.826. The van der Waals surface area contributed by atoms with Gasteiger partial charge in [-0.25, -0.2) is 9.97 Å². The maximum atomic E-state index is 4.30. The third kappa shape index (κ3) is 2.38. The molecule has 2 aromatic heterocycles. The van der Waals surface area contributed by atoms with E-state index in [1.54, 1.807) is 12.7 Å². The van der Waals surface area contributed by atoms with Crippen molar-refractivity contribution in [1.29, 1.82) is 0 Å². The number of hydrogen-bond donors (Lipinski definition) is 1. The Labute approximate surface area is 104 Å². The van der Waals surface area contributed by atoms with Crippen LogP contribution in [0.3, 0.4) is 0 Å². The van der Waals surface area contributed by atoms with Crippen molar-refractivity contribution in [3.8, 4) is 0 Å². The molecule has 0 fully saturated rings. The second kappa shape index (κ2) is 5.13. The highest BCUT2D eigenvalue weighted by atomic mass is 32.2. The fraction of sp³-hybridized carbons (Fsp3) is 0.400. The van der Waals surface area contributed by atoms with Crippen molar-refractivity contribution in [2.24, 2.45) is 7.05 Å². The Morgan fingerprint density at radius 1 is 1.41 bits per heavy atom. The largest absolute Gasteiger partial charge is 0.373 e. The molecule has 7 heteroatoms. The minimum Gasteiger partial charge on any atom is -0.373 e. The fourth-order valence-corrected chi connectivity index (χ4v) is 2.39. The van der Waals surface area contributed by atoms with Crippen molar-refractivity contribution in [2.75, 3.05) is 12.4 Å². The first-order valence-corrected chi connectivity index (χ1v) is 6.11. The van der Waals surface area contributed by atoms with E-state index in [4.69, 9.17) is 0 Å². The van der Waals surface area contributed by atoms with Gasteiger partial charge in [0, 0.05) is 19.7 Å². The van der Waals surface area contributed by atoms with Gasteiger partial charge in [-0.15, -0.1) is 10.2 Å². The SMILES string of the molecule is CCc1c(NC)ncnc1Sc1nncn1C. The minimum atomic E-state index is 0.820. The lowest BCUT2D eigenvalue weighted by atomic mass is 10.2. The molecule has 2 rings (SSSR count).